The molecule has 0 aliphatic carbocycles. The van der Waals surface area contributed by atoms with Crippen LogP contribution in [0, 0.1) is 0 Å². The Morgan fingerprint density at radius 3 is 1.75 bits per heavy atom. The van der Waals surface area contributed by atoms with Gasteiger partial charge in [0.25, 0.3) is 0 Å². The van der Waals surface area contributed by atoms with Gasteiger partial charge < -0.3 is 0 Å². The molecule has 2 heterocycles. The van der Waals surface area contributed by atoms with Crippen LogP contribution >= 0.6 is 0 Å². The number of nitrogens with zero attached hydrogens (tertiary/aromatic N) is 3. The summed E-state index contributed by atoms with van der Waals surface area (Å²) in [6.07, 6.45) is 3.73. The minimum Gasteiger partial charge on any atom is -0.264 e. The van der Waals surface area contributed by atoms with Crippen molar-refractivity contribution in [3.05, 3.63) is 152 Å². The predicted molar refractivity (Wildman–Crippen MR) is 183 cm³/mol. The Bertz CT molecular complexity index is 2470. The van der Waals surface area contributed by atoms with Crippen molar-refractivity contribution in [1.82, 2.24) is 15.0 Å². The fourth-order valence-corrected chi connectivity index (χ4v) is 6.71. The highest BCUT2D eigenvalue weighted by molar-refractivity contribution is 6.25. The highest BCUT2D eigenvalue weighted by atomic mass is 14.9. The van der Waals surface area contributed by atoms with E-state index in [9.17, 15) is 0 Å². The molecule has 0 saturated carbocycles. The van der Waals surface area contributed by atoms with Gasteiger partial charge in [0.15, 0.2) is 5.82 Å². The normalized spacial score (nSPS) is 11.6. The number of hydrogen-bond donors (Lipinski definition) is 0. The lowest BCUT2D eigenvalue weighted by Gasteiger charge is -2.16. The molecule has 3 heteroatoms. The molecule has 44 heavy (non-hydrogen) atoms. The Hall–Kier alpha value is -5.93. The standard InChI is InChI=1S/C41H25N3/c1-2-8-29(9-3-1)41-43-37(34-16-6-14-32-31(13-5-15-33(32)34)30-12-7-23-42-25-30)24-38(44-41)35-21-19-28-18-17-26-10-4-11-27-20-22-36(35)40(28)39(26)27/h1-25H. The first-order chi connectivity index (χ1) is 21.8. The summed E-state index contributed by atoms with van der Waals surface area (Å²) in [4.78, 5) is 14.8. The van der Waals surface area contributed by atoms with E-state index in [1.54, 1.807) is 0 Å². The average molecular weight is 560 g/mol. The molecule has 0 radical (unpaired) electrons. The van der Waals surface area contributed by atoms with Gasteiger partial charge in [-0.15, -0.1) is 0 Å². The van der Waals surface area contributed by atoms with Crippen molar-refractivity contribution in [3.8, 4) is 45.0 Å². The minimum atomic E-state index is 0.712. The van der Waals surface area contributed by atoms with Gasteiger partial charge in [0.2, 0.25) is 0 Å². The molecule has 0 saturated heterocycles. The number of hydrogen-bond acceptors (Lipinski definition) is 3. The van der Waals surface area contributed by atoms with E-state index < -0.39 is 0 Å². The summed E-state index contributed by atoms with van der Waals surface area (Å²) in [5.41, 5.74) is 7.23. The first-order valence-corrected chi connectivity index (χ1v) is 14.9. The number of pyridine rings is 1. The van der Waals surface area contributed by atoms with E-state index in [0.29, 0.717) is 5.82 Å². The van der Waals surface area contributed by atoms with Crippen LogP contribution in [0.3, 0.4) is 0 Å². The van der Waals surface area contributed by atoms with Gasteiger partial charge in [-0.25, -0.2) is 9.97 Å². The number of fused-ring (bicyclic) bond motifs is 1. The van der Waals surface area contributed by atoms with Gasteiger partial charge in [-0.05, 0) is 60.8 Å². The average Bonchev–Trinajstić information content (AvgIpc) is 3.10. The van der Waals surface area contributed by atoms with Crippen molar-refractivity contribution in [2.75, 3.05) is 0 Å². The lowest BCUT2D eigenvalue weighted by molar-refractivity contribution is 1.19. The first-order valence-electron chi connectivity index (χ1n) is 14.9. The zero-order chi connectivity index (χ0) is 29.0. The van der Waals surface area contributed by atoms with Crippen molar-refractivity contribution in [3.63, 3.8) is 0 Å². The first kappa shape index (κ1) is 24.6. The fraction of sp³-hybridized carbons (Fsp3) is 0. The van der Waals surface area contributed by atoms with Crippen molar-refractivity contribution in [2.45, 2.75) is 0 Å². The zero-order valence-corrected chi connectivity index (χ0v) is 23.8. The molecule has 0 aliphatic rings. The summed E-state index contributed by atoms with van der Waals surface area (Å²) in [7, 11) is 0. The predicted octanol–water partition coefficient (Wildman–Crippen LogP) is 10.6. The van der Waals surface area contributed by atoms with E-state index in [1.807, 2.05) is 36.7 Å². The van der Waals surface area contributed by atoms with E-state index >= 15 is 0 Å². The van der Waals surface area contributed by atoms with Crippen LogP contribution in [0.5, 0.6) is 0 Å². The van der Waals surface area contributed by atoms with Crippen molar-refractivity contribution < 1.29 is 0 Å². The summed E-state index contributed by atoms with van der Waals surface area (Å²) in [6, 6.07) is 49.4. The van der Waals surface area contributed by atoms with E-state index in [0.717, 1.165) is 44.6 Å². The van der Waals surface area contributed by atoms with Gasteiger partial charge in [0.05, 0.1) is 11.4 Å². The molecule has 0 bridgehead atoms. The maximum Gasteiger partial charge on any atom is 0.160 e. The maximum absolute atomic E-state index is 5.21. The van der Waals surface area contributed by atoms with Gasteiger partial charge in [-0.2, -0.15) is 0 Å². The SMILES string of the molecule is c1ccc(-c2nc(-c3cccc4c(-c5cccnc5)cccc34)cc(-c3ccc4ccc5cccc6ccc3c4c56)n2)cc1. The minimum absolute atomic E-state index is 0.712. The van der Waals surface area contributed by atoms with E-state index in [-0.39, 0.29) is 0 Å². The molecule has 204 valence electrons. The molecule has 7 aromatic carbocycles. The number of rotatable bonds is 4. The van der Waals surface area contributed by atoms with Crippen LogP contribution in [0.15, 0.2) is 152 Å². The van der Waals surface area contributed by atoms with Crippen LogP contribution in [0.4, 0.5) is 0 Å². The van der Waals surface area contributed by atoms with Gasteiger partial charge >= 0.3 is 0 Å². The van der Waals surface area contributed by atoms with Crippen LogP contribution in [0.2, 0.25) is 0 Å². The van der Waals surface area contributed by atoms with Crippen molar-refractivity contribution >= 4 is 43.1 Å². The van der Waals surface area contributed by atoms with Crippen molar-refractivity contribution in [1.29, 1.82) is 0 Å². The van der Waals surface area contributed by atoms with Crippen LogP contribution in [-0.2, 0) is 0 Å². The molecular formula is C41H25N3. The van der Waals surface area contributed by atoms with Crippen LogP contribution in [0.25, 0.3) is 88.1 Å². The summed E-state index contributed by atoms with van der Waals surface area (Å²) in [6.45, 7) is 0. The largest absolute Gasteiger partial charge is 0.264 e. The van der Waals surface area contributed by atoms with E-state index in [2.05, 4.69) is 120 Å². The molecule has 3 nitrogen and oxygen atoms in total. The molecule has 2 aromatic heterocycles. The second kappa shape index (κ2) is 9.82. The topological polar surface area (TPSA) is 38.7 Å². The lowest BCUT2D eigenvalue weighted by Crippen LogP contribution is -1.97. The van der Waals surface area contributed by atoms with Crippen LogP contribution in [-0.4, -0.2) is 15.0 Å². The quantitative estimate of drug-likeness (QED) is 0.201. The molecule has 0 N–H and O–H groups in total. The van der Waals surface area contributed by atoms with Gasteiger partial charge in [0.1, 0.15) is 0 Å². The van der Waals surface area contributed by atoms with E-state index in [4.69, 9.17) is 9.97 Å². The lowest BCUT2D eigenvalue weighted by atomic mass is 9.90. The molecular weight excluding hydrogens is 534 g/mol. The number of benzene rings is 7. The molecule has 0 atom stereocenters. The smallest absolute Gasteiger partial charge is 0.160 e. The summed E-state index contributed by atoms with van der Waals surface area (Å²) >= 11 is 0. The van der Waals surface area contributed by atoms with Gasteiger partial charge in [-0.3, -0.25) is 4.98 Å². The van der Waals surface area contributed by atoms with E-state index in [1.165, 1.54) is 37.7 Å². The molecule has 0 amide bonds. The van der Waals surface area contributed by atoms with Crippen molar-refractivity contribution in [2.24, 2.45) is 0 Å². The molecule has 0 aliphatic heterocycles. The van der Waals surface area contributed by atoms with Crippen LogP contribution in [0.1, 0.15) is 0 Å². The Morgan fingerprint density at radius 2 is 1.00 bits per heavy atom. The summed E-state index contributed by atoms with van der Waals surface area (Å²) in [5.74, 6) is 0.712. The Labute approximate surface area is 254 Å². The second-order valence-corrected chi connectivity index (χ2v) is 11.2. The molecule has 0 unspecified atom stereocenters. The summed E-state index contributed by atoms with van der Waals surface area (Å²) < 4.78 is 0. The number of aromatic nitrogens is 3. The second-order valence-electron chi connectivity index (χ2n) is 11.2. The monoisotopic (exact) mass is 559 g/mol. The Balaban J connectivity index is 1.32. The molecule has 9 aromatic rings. The molecule has 0 spiro atoms. The van der Waals surface area contributed by atoms with Gasteiger partial charge in [-0.1, -0.05) is 127 Å². The third-order valence-corrected chi connectivity index (χ3v) is 8.73. The highest BCUT2D eigenvalue weighted by Crippen LogP contribution is 2.41. The zero-order valence-electron chi connectivity index (χ0n) is 23.8. The molecule has 9 rings (SSSR count). The molecule has 0 fully saturated rings. The maximum atomic E-state index is 5.21. The third-order valence-electron chi connectivity index (χ3n) is 8.73. The van der Waals surface area contributed by atoms with Gasteiger partial charge in [0, 0.05) is 34.6 Å². The highest BCUT2D eigenvalue weighted by Gasteiger charge is 2.17. The fourth-order valence-electron chi connectivity index (χ4n) is 6.71. The Morgan fingerprint density at radius 1 is 0.386 bits per heavy atom. The summed E-state index contributed by atoms with van der Waals surface area (Å²) in [5, 5.41) is 9.85. The van der Waals surface area contributed by atoms with Crippen LogP contribution < -0.4 is 0 Å². The Kier molecular flexibility index (Phi) is 5.50. The third kappa shape index (κ3) is 3.87.